The third-order valence-electron chi connectivity index (χ3n) is 3.08. The molecule has 2 heterocycles. The Bertz CT molecular complexity index is 548. The number of aryl methyl sites for hydroxylation is 2. The first-order valence-electron chi connectivity index (χ1n) is 5.85. The highest BCUT2D eigenvalue weighted by Crippen LogP contribution is 2.21. The fourth-order valence-corrected chi connectivity index (χ4v) is 1.93. The minimum absolute atomic E-state index is 0.693. The number of nitrogens with one attached hydrogen (secondary N) is 1. The SMILES string of the molecule is COc1cccnc1NCc1c(C)nn(C)c1C. The van der Waals surface area contributed by atoms with E-state index < -0.39 is 0 Å². The Hall–Kier alpha value is -2.04. The molecule has 0 amide bonds. The molecule has 96 valence electrons. The van der Waals surface area contributed by atoms with Crippen LogP contribution in [0, 0.1) is 13.8 Å². The molecular weight excluding hydrogens is 228 g/mol. The second kappa shape index (κ2) is 5.08. The zero-order valence-corrected chi connectivity index (χ0v) is 11.2. The lowest BCUT2D eigenvalue weighted by Gasteiger charge is -2.09. The average molecular weight is 246 g/mol. The molecule has 0 radical (unpaired) electrons. The van der Waals surface area contributed by atoms with Gasteiger partial charge in [-0.25, -0.2) is 4.98 Å². The molecule has 0 fully saturated rings. The first kappa shape index (κ1) is 12.4. The van der Waals surface area contributed by atoms with Gasteiger partial charge in [-0.05, 0) is 26.0 Å². The Morgan fingerprint density at radius 3 is 2.78 bits per heavy atom. The molecule has 5 nitrogen and oxygen atoms in total. The summed E-state index contributed by atoms with van der Waals surface area (Å²) in [6.07, 6.45) is 1.74. The zero-order valence-electron chi connectivity index (χ0n) is 11.2. The van der Waals surface area contributed by atoms with Crippen molar-refractivity contribution in [2.24, 2.45) is 7.05 Å². The summed E-state index contributed by atoms with van der Waals surface area (Å²) in [6, 6.07) is 3.74. The standard InChI is InChI=1S/C13H18N4O/c1-9-11(10(2)17(3)16-9)8-15-13-12(18-4)6-5-7-14-13/h5-7H,8H2,1-4H3,(H,14,15). The largest absolute Gasteiger partial charge is 0.493 e. The van der Waals surface area contributed by atoms with E-state index in [0.29, 0.717) is 6.54 Å². The van der Waals surface area contributed by atoms with Gasteiger partial charge in [-0.3, -0.25) is 4.68 Å². The Morgan fingerprint density at radius 2 is 2.17 bits per heavy atom. The molecule has 0 atom stereocenters. The number of hydrogen-bond acceptors (Lipinski definition) is 4. The van der Waals surface area contributed by atoms with Gasteiger partial charge in [0.2, 0.25) is 0 Å². The summed E-state index contributed by atoms with van der Waals surface area (Å²) >= 11 is 0. The van der Waals surface area contributed by atoms with Crippen LogP contribution in [0.4, 0.5) is 5.82 Å². The van der Waals surface area contributed by atoms with Gasteiger partial charge >= 0.3 is 0 Å². The number of nitrogens with zero attached hydrogens (tertiary/aromatic N) is 3. The number of pyridine rings is 1. The highest BCUT2D eigenvalue weighted by Gasteiger charge is 2.10. The fraction of sp³-hybridized carbons (Fsp3) is 0.385. The van der Waals surface area contributed by atoms with Crippen LogP contribution in [0.25, 0.3) is 0 Å². The van der Waals surface area contributed by atoms with Crippen molar-refractivity contribution < 1.29 is 4.74 Å². The Morgan fingerprint density at radius 1 is 1.39 bits per heavy atom. The van der Waals surface area contributed by atoms with E-state index in [1.54, 1.807) is 13.3 Å². The lowest BCUT2D eigenvalue weighted by Crippen LogP contribution is -2.05. The summed E-state index contributed by atoms with van der Waals surface area (Å²) in [5.74, 6) is 1.50. The summed E-state index contributed by atoms with van der Waals surface area (Å²) in [7, 11) is 3.59. The molecule has 0 aliphatic rings. The minimum atomic E-state index is 0.693. The molecule has 0 bridgehead atoms. The molecule has 2 aromatic heterocycles. The number of hydrogen-bond donors (Lipinski definition) is 1. The number of aromatic nitrogens is 3. The number of ether oxygens (including phenoxy) is 1. The van der Waals surface area contributed by atoms with Gasteiger partial charge in [-0.15, -0.1) is 0 Å². The molecule has 0 aliphatic carbocycles. The van der Waals surface area contributed by atoms with E-state index in [4.69, 9.17) is 4.74 Å². The summed E-state index contributed by atoms with van der Waals surface area (Å²) in [5, 5.41) is 7.68. The average Bonchev–Trinajstić information content (AvgIpc) is 2.62. The van der Waals surface area contributed by atoms with Crippen LogP contribution in [0.15, 0.2) is 18.3 Å². The Balaban J connectivity index is 2.16. The second-order valence-corrected chi connectivity index (χ2v) is 4.18. The third-order valence-corrected chi connectivity index (χ3v) is 3.08. The fourth-order valence-electron chi connectivity index (χ4n) is 1.93. The predicted molar refractivity (Wildman–Crippen MR) is 70.8 cm³/mol. The van der Waals surface area contributed by atoms with Crippen LogP contribution in [-0.4, -0.2) is 21.9 Å². The summed E-state index contributed by atoms with van der Waals surface area (Å²) in [5.41, 5.74) is 3.40. The second-order valence-electron chi connectivity index (χ2n) is 4.18. The van der Waals surface area contributed by atoms with E-state index in [9.17, 15) is 0 Å². The minimum Gasteiger partial charge on any atom is -0.493 e. The first-order chi connectivity index (χ1) is 8.63. The lowest BCUT2D eigenvalue weighted by atomic mass is 10.2. The van der Waals surface area contributed by atoms with E-state index in [0.717, 1.165) is 23.0 Å². The van der Waals surface area contributed by atoms with Crippen LogP contribution in [0.1, 0.15) is 17.0 Å². The van der Waals surface area contributed by atoms with Crippen molar-refractivity contribution in [3.05, 3.63) is 35.3 Å². The topological polar surface area (TPSA) is 52.0 Å². The lowest BCUT2D eigenvalue weighted by molar-refractivity contribution is 0.415. The molecule has 0 saturated heterocycles. The smallest absolute Gasteiger partial charge is 0.169 e. The quantitative estimate of drug-likeness (QED) is 0.897. The molecule has 1 N–H and O–H groups in total. The molecule has 0 aromatic carbocycles. The van der Waals surface area contributed by atoms with Gasteiger partial charge in [0, 0.05) is 31.0 Å². The molecule has 0 aliphatic heterocycles. The van der Waals surface area contributed by atoms with Crippen LogP contribution in [-0.2, 0) is 13.6 Å². The van der Waals surface area contributed by atoms with E-state index in [1.165, 1.54) is 5.56 Å². The monoisotopic (exact) mass is 246 g/mol. The molecule has 18 heavy (non-hydrogen) atoms. The van der Waals surface area contributed by atoms with Crippen molar-refractivity contribution in [1.29, 1.82) is 0 Å². The van der Waals surface area contributed by atoms with Crippen molar-refractivity contribution in [1.82, 2.24) is 14.8 Å². The third kappa shape index (κ3) is 2.30. The van der Waals surface area contributed by atoms with Crippen molar-refractivity contribution in [2.45, 2.75) is 20.4 Å². The molecule has 5 heteroatoms. The van der Waals surface area contributed by atoms with E-state index in [1.807, 2.05) is 30.8 Å². The van der Waals surface area contributed by atoms with Gasteiger partial charge in [0.25, 0.3) is 0 Å². The molecule has 2 aromatic rings. The maximum absolute atomic E-state index is 5.25. The van der Waals surface area contributed by atoms with Crippen LogP contribution in [0.2, 0.25) is 0 Å². The van der Waals surface area contributed by atoms with E-state index >= 15 is 0 Å². The molecule has 2 rings (SSSR count). The first-order valence-corrected chi connectivity index (χ1v) is 5.85. The Kier molecular flexibility index (Phi) is 3.50. The Labute approximate surface area is 107 Å². The van der Waals surface area contributed by atoms with Crippen LogP contribution >= 0.6 is 0 Å². The van der Waals surface area contributed by atoms with Gasteiger partial charge in [0.1, 0.15) is 0 Å². The van der Waals surface area contributed by atoms with Crippen molar-refractivity contribution in [2.75, 3.05) is 12.4 Å². The molecule has 0 unspecified atom stereocenters. The van der Waals surface area contributed by atoms with E-state index in [-0.39, 0.29) is 0 Å². The molecule has 0 spiro atoms. The van der Waals surface area contributed by atoms with Gasteiger partial charge in [-0.1, -0.05) is 0 Å². The zero-order chi connectivity index (χ0) is 13.1. The van der Waals surface area contributed by atoms with Gasteiger partial charge < -0.3 is 10.1 Å². The number of methoxy groups -OCH3 is 1. The highest BCUT2D eigenvalue weighted by molar-refractivity contribution is 5.50. The predicted octanol–water partition coefficient (Wildman–Crippen LogP) is 2.05. The number of rotatable bonds is 4. The van der Waals surface area contributed by atoms with Gasteiger partial charge in [-0.2, -0.15) is 5.10 Å². The normalized spacial score (nSPS) is 10.4. The maximum atomic E-state index is 5.25. The van der Waals surface area contributed by atoms with Crippen molar-refractivity contribution in [3.8, 4) is 5.75 Å². The summed E-state index contributed by atoms with van der Waals surface area (Å²) < 4.78 is 7.14. The summed E-state index contributed by atoms with van der Waals surface area (Å²) in [4.78, 5) is 4.27. The van der Waals surface area contributed by atoms with Crippen LogP contribution in [0.3, 0.4) is 0 Å². The van der Waals surface area contributed by atoms with Crippen LogP contribution in [0.5, 0.6) is 5.75 Å². The molecular formula is C13H18N4O. The van der Waals surface area contributed by atoms with Crippen molar-refractivity contribution >= 4 is 5.82 Å². The van der Waals surface area contributed by atoms with Gasteiger partial charge in [0.15, 0.2) is 11.6 Å². The van der Waals surface area contributed by atoms with Gasteiger partial charge in [0.05, 0.1) is 12.8 Å². The molecule has 0 saturated carbocycles. The van der Waals surface area contributed by atoms with Crippen LogP contribution < -0.4 is 10.1 Å². The van der Waals surface area contributed by atoms with E-state index in [2.05, 4.69) is 22.3 Å². The summed E-state index contributed by atoms with van der Waals surface area (Å²) in [6.45, 7) is 4.77. The highest BCUT2D eigenvalue weighted by atomic mass is 16.5. The number of anilines is 1. The maximum Gasteiger partial charge on any atom is 0.169 e. The van der Waals surface area contributed by atoms with Crippen molar-refractivity contribution in [3.63, 3.8) is 0 Å².